The maximum absolute atomic E-state index is 13.8. The molecule has 160 valence electrons. The van der Waals surface area contributed by atoms with Crippen molar-refractivity contribution in [3.63, 3.8) is 0 Å². The lowest BCUT2D eigenvalue weighted by Crippen LogP contribution is -2.49. The molecule has 0 unspecified atom stereocenters. The Kier molecular flexibility index (Phi) is 6.07. The summed E-state index contributed by atoms with van der Waals surface area (Å²) in [7, 11) is 1.50. The Morgan fingerprint density at radius 3 is 2.70 bits per heavy atom. The van der Waals surface area contributed by atoms with Crippen LogP contribution < -0.4 is 10.7 Å². The van der Waals surface area contributed by atoms with Crippen molar-refractivity contribution in [1.82, 2.24) is 9.88 Å². The van der Waals surface area contributed by atoms with Crippen molar-refractivity contribution in [2.24, 2.45) is 5.41 Å². The summed E-state index contributed by atoms with van der Waals surface area (Å²) in [4.78, 5) is 38.4. The maximum Gasteiger partial charge on any atom is 0.257 e. The summed E-state index contributed by atoms with van der Waals surface area (Å²) < 4.78 is 20.7. The Hall–Kier alpha value is -3.00. The van der Waals surface area contributed by atoms with Crippen LogP contribution in [0.4, 0.5) is 4.39 Å². The Labute approximate surface area is 173 Å². The number of benzene rings is 1. The number of methoxy groups -OCH3 is 1. The van der Waals surface area contributed by atoms with Crippen LogP contribution in [0.3, 0.4) is 0 Å². The number of fused-ring (bicyclic) bond motifs is 1. The van der Waals surface area contributed by atoms with Gasteiger partial charge < -0.3 is 19.7 Å². The topological polar surface area (TPSA) is 97.6 Å². The Morgan fingerprint density at radius 2 is 2.07 bits per heavy atom. The van der Waals surface area contributed by atoms with Gasteiger partial charge in [0.05, 0.1) is 18.1 Å². The predicted octanol–water partition coefficient (Wildman–Crippen LogP) is 2.64. The fourth-order valence-corrected chi connectivity index (χ4v) is 4.03. The molecule has 2 heterocycles. The molecule has 0 bridgehead atoms. The Morgan fingerprint density at radius 1 is 1.37 bits per heavy atom. The van der Waals surface area contributed by atoms with E-state index in [2.05, 4.69) is 5.32 Å². The number of ketones is 1. The number of halogens is 1. The highest BCUT2D eigenvalue weighted by molar-refractivity contribution is 6.03. The van der Waals surface area contributed by atoms with Crippen LogP contribution in [0.1, 0.15) is 53.1 Å². The molecule has 1 aromatic carbocycles. The van der Waals surface area contributed by atoms with Gasteiger partial charge in [0.25, 0.3) is 5.91 Å². The van der Waals surface area contributed by atoms with Crippen LogP contribution in [-0.4, -0.2) is 34.6 Å². The normalized spacial score (nSPS) is 20.7. The molecule has 2 aromatic rings. The summed E-state index contributed by atoms with van der Waals surface area (Å²) in [6, 6.07) is 5.95. The van der Waals surface area contributed by atoms with Gasteiger partial charge in [-0.25, -0.2) is 4.39 Å². The van der Waals surface area contributed by atoms with Crippen LogP contribution in [0.15, 0.2) is 35.3 Å². The molecule has 30 heavy (non-hydrogen) atoms. The molecule has 1 aliphatic rings. The van der Waals surface area contributed by atoms with Gasteiger partial charge >= 0.3 is 0 Å². The van der Waals surface area contributed by atoms with Crippen molar-refractivity contribution in [3.05, 3.63) is 63.3 Å². The summed E-state index contributed by atoms with van der Waals surface area (Å²) in [5.41, 5.74) is -2.00. The minimum absolute atomic E-state index is 0.116. The van der Waals surface area contributed by atoms with Gasteiger partial charge in [-0.05, 0) is 19.4 Å². The fraction of sp³-hybridized carbons (Fsp3) is 0.409. The second kappa shape index (κ2) is 8.39. The van der Waals surface area contributed by atoms with Crippen LogP contribution in [0, 0.1) is 11.2 Å². The number of Topliss-reactive ketones (excluding diaryl/α,β-unsaturated/α-hetero) is 1. The molecular formula is C22H25FN2O5. The van der Waals surface area contributed by atoms with Crippen molar-refractivity contribution in [2.75, 3.05) is 7.11 Å². The van der Waals surface area contributed by atoms with Crippen molar-refractivity contribution in [2.45, 2.75) is 45.9 Å². The summed E-state index contributed by atoms with van der Waals surface area (Å²) in [6.45, 7) is 3.78. The van der Waals surface area contributed by atoms with E-state index in [0.717, 1.165) is 6.42 Å². The second-order valence-corrected chi connectivity index (χ2v) is 7.72. The molecule has 3 rings (SSSR count). The molecule has 7 nitrogen and oxygen atoms in total. The zero-order valence-electron chi connectivity index (χ0n) is 17.2. The number of carbonyl (C=O) groups excluding carboxylic acids is 2. The minimum Gasteiger partial charge on any atom is -0.503 e. The van der Waals surface area contributed by atoms with Gasteiger partial charge in [-0.2, -0.15) is 0 Å². The van der Waals surface area contributed by atoms with Crippen molar-refractivity contribution in [3.8, 4) is 5.75 Å². The number of amides is 1. The quantitative estimate of drug-likeness (QED) is 0.755. The third kappa shape index (κ3) is 3.63. The van der Waals surface area contributed by atoms with Crippen molar-refractivity contribution < 1.29 is 23.8 Å². The number of aromatic nitrogens is 1. The zero-order valence-corrected chi connectivity index (χ0v) is 17.2. The van der Waals surface area contributed by atoms with Gasteiger partial charge in [0, 0.05) is 25.4 Å². The van der Waals surface area contributed by atoms with Crippen LogP contribution in [0.25, 0.3) is 0 Å². The third-order valence-corrected chi connectivity index (χ3v) is 5.76. The van der Waals surface area contributed by atoms with E-state index in [9.17, 15) is 23.9 Å². The minimum atomic E-state index is -0.935. The summed E-state index contributed by atoms with van der Waals surface area (Å²) >= 11 is 0. The number of nitrogens with one attached hydrogen (secondary N) is 1. The van der Waals surface area contributed by atoms with E-state index in [4.69, 9.17) is 4.74 Å². The monoisotopic (exact) mass is 416 g/mol. The summed E-state index contributed by atoms with van der Waals surface area (Å²) in [6.07, 6.45) is 2.03. The Bertz CT molecular complexity index is 1050. The first-order valence-corrected chi connectivity index (χ1v) is 9.80. The SMILES string of the molecule is CCC[C@]1(C)C(=O)c2c(O)c(=O)c(C(=O)NCc3ccccc3F)cn2C[C@@H]1OC. The number of hydrogen-bond donors (Lipinski definition) is 2. The molecule has 0 saturated carbocycles. The van der Waals surface area contributed by atoms with Crippen LogP contribution in [-0.2, 0) is 17.8 Å². The van der Waals surface area contributed by atoms with Gasteiger partial charge in [-0.1, -0.05) is 31.5 Å². The molecule has 1 amide bonds. The van der Waals surface area contributed by atoms with E-state index < -0.39 is 40.2 Å². The molecule has 8 heteroatoms. The number of rotatable bonds is 6. The summed E-state index contributed by atoms with van der Waals surface area (Å²) in [5, 5.41) is 13.0. The average Bonchev–Trinajstić information content (AvgIpc) is 2.72. The lowest BCUT2D eigenvalue weighted by molar-refractivity contribution is -0.0184. The number of carbonyl (C=O) groups is 2. The van der Waals surface area contributed by atoms with Gasteiger partial charge in [0.2, 0.25) is 5.43 Å². The number of nitrogens with zero attached hydrogens (tertiary/aromatic N) is 1. The molecule has 2 N–H and O–H groups in total. The molecule has 0 fully saturated rings. The lowest BCUT2D eigenvalue weighted by atomic mass is 9.72. The second-order valence-electron chi connectivity index (χ2n) is 7.72. The number of aromatic hydroxyl groups is 1. The highest BCUT2D eigenvalue weighted by Crippen LogP contribution is 2.39. The maximum atomic E-state index is 13.8. The average molecular weight is 416 g/mol. The molecule has 2 atom stereocenters. The first kappa shape index (κ1) is 21.7. The molecule has 0 saturated heterocycles. The van der Waals surface area contributed by atoms with E-state index in [-0.39, 0.29) is 29.9 Å². The molecule has 0 aliphatic carbocycles. The van der Waals surface area contributed by atoms with Gasteiger partial charge in [-0.3, -0.25) is 14.4 Å². The van der Waals surface area contributed by atoms with E-state index in [1.165, 1.54) is 36.1 Å². The number of ether oxygens (including phenoxy) is 1. The highest BCUT2D eigenvalue weighted by Gasteiger charge is 2.47. The molecule has 1 aliphatic heterocycles. The molecular weight excluding hydrogens is 391 g/mol. The smallest absolute Gasteiger partial charge is 0.257 e. The lowest BCUT2D eigenvalue weighted by Gasteiger charge is -2.40. The van der Waals surface area contributed by atoms with Crippen LogP contribution in [0.5, 0.6) is 5.75 Å². The third-order valence-electron chi connectivity index (χ3n) is 5.76. The van der Waals surface area contributed by atoms with Gasteiger partial charge in [0.15, 0.2) is 11.5 Å². The van der Waals surface area contributed by atoms with E-state index in [0.29, 0.717) is 6.42 Å². The van der Waals surface area contributed by atoms with Gasteiger partial charge in [0.1, 0.15) is 17.1 Å². The molecule has 0 spiro atoms. The van der Waals surface area contributed by atoms with Crippen molar-refractivity contribution in [1.29, 1.82) is 0 Å². The van der Waals surface area contributed by atoms with Crippen LogP contribution >= 0.6 is 0 Å². The fourth-order valence-electron chi connectivity index (χ4n) is 4.03. The first-order valence-electron chi connectivity index (χ1n) is 9.80. The summed E-state index contributed by atoms with van der Waals surface area (Å²) in [5.74, 6) is -2.39. The van der Waals surface area contributed by atoms with E-state index in [1.54, 1.807) is 13.0 Å². The standard InChI is InChI=1S/C22H25FN2O5/c1-4-9-22(2)16(30-3)12-25-11-14(18(26)19(27)17(25)20(22)28)21(29)24-10-13-7-5-6-8-15(13)23/h5-8,11,16,27H,4,9-10,12H2,1-3H3,(H,24,29)/t16-,22-/m0/s1. The molecule has 0 radical (unpaired) electrons. The molecule has 1 aromatic heterocycles. The Balaban J connectivity index is 1.96. The largest absolute Gasteiger partial charge is 0.503 e. The number of hydrogen-bond acceptors (Lipinski definition) is 5. The number of pyridine rings is 1. The first-order chi connectivity index (χ1) is 14.2. The predicted molar refractivity (Wildman–Crippen MR) is 108 cm³/mol. The van der Waals surface area contributed by atoms with Crippen molar-refractivity contribution >= 4 is 11.7 Å². The van der Waals surface area contributed by atoms with E-state index >= 15 is 0 Å². The van der Waals surface area contributed by atoms with Crippen LogP contribution in [0.2, 0.25) is 0 Å². The van der Waals surface area contributed by atoms with Gasteiger partial charge in [-0.15, -0.1) is 0 Å². The van der Waals surface area contributed by atoms with E-state index in [1.807, 2.05) is 6.92 Å². The highest BCUT2D eigenvalue weighted by atomic mass is 19.1. The zero-order chi connectivity index (χ0) is 22.1.